The van der Waals surface area contributed by atoms with Crippen molar-refractivity contribution in [3.05, 3.63) is 102 Å². The number of fused-ring (bicyclic) bond motifs is 1. The van der Waals surface area contributed by atoms with Gasteiger partial charge in [-0.05, 0) is 54.5 Å². The maximum atomic E-state index is 12.8. The predicted octanol–water partition coefficient (Wildman–Crippen LogP) is 3.83. The van der Waals surface area contributed by atoms with Crippen molar-refractivity contribution in [3.8, 4) is 23.1 Å². The number of hydrogen-bond donors (Lipinski definition) is 0. The number of rotatable bonds is 4. The van der Waals surface area contributed by atoms with E-state index >= 15 is 0 Å². The van der Waals surface area contributed by atoms with E-state index in [9.17, 15) is 4.79 Å². The van der Waals surface area contributed by atoms with Crippen LogP contribution in [0.15, 0.2) is 85.5 Å². The lowest BCUT2D eigenvalue weighted by Crippen LogP contribution is -2.40. The van der Waals surface area contributed by atoms with E-state index < -0.39 is 0 Å². The van der Waals surface area contributed by atoms with Crippen LogP contribution < -0.4 is 4.90 Å². The van der Waals surface area contributed by atoms with Gasteiger partial charge >= 0.3 is 0 Å². The Kier molecular flexibility index (Phi) is 6.68. The third-order valence-corrected chi connectivity index (χ3v) is 6.56. The van der Waals surface area contributed by atoms with Gasteiger partial charge in [0.1, 0.15) is 11.5 Å². The van der Waals surface area contributed by atoms with Crippen LogP contribution in [0.1, 0.15) is 21.6 Å². The molecule has 0 saturated carbocycles. The molecule has 1 amide bonds. The summed E-state index contributed by atoms with van der Waals surface area (Å²) in [6.45, 7) is 2.39. The highest BCUT2D eigenvalue weighted by atomic mass is 16.5. The SMILES string of the molecule is CN(c1ccncc1)c1cc(C#Cc2cnc3ccc(-c4ccc(C(=O)N5CCOCC5)cc4)nn23)ccn1. The number of ether oxygens (including phenoxy) is 1. The molecule has 0 aliphatic carbocycles. The smallest absolute Gasteiger partial charge is 0.254 e. The van der Waals surface area contributed by atoms with Crippen molar-refractivity contribution in [2.24, 2.45) is 0 Å². The Labute approximate surface area is 225 Å². The van der Waals surface area contributed by atoms with Gasteiger partial charge < -0.3 is 14.5 Å². The molecule has 192 valence electrons. The molecule has 0 radical (unpaired) electrons. The Bertz CT molecular complexity index is 1680. The number of nitrogens with zero attached hydrogens (tertiary/aromatic N) is 7. The number of benzene rings is 1. The Morgan fingerprint density at radius 1 is 0.923 bits per heavy atom. The molecule has 4 aromatic heterocycles. The second kappa shape index (κ2) is 10.7. The molecule has 39 heavy (non-hydrogen) atoms. The van der Waals surface area contributed by atoms with Crippen LogP contribution in [0, 0.1) is 11.8 Å². The summed E-state index contributed by atoms with van der Waals surface area (Å²) in [5.41, 5.74) is 5.51. The van der Waals surface area contributed by atoms with Gasteiger partial charge in [0.05, 0.1) is 25.1 Å². The highest BCUT2D eigenvalue weighted by Crippen LogP contribution is 2.22. The van der Waals surface area contributed by atoms with E-state index in [1.54, 1.807) is 29.3 Å². The predicted molar refractivity (Wildman–Crippen MR) is 148 cm³/mol. The van der Waals surface area contributed by atoms with Crippen molar-refractivity contribution < 1.29 is 9.53 Å². The third-order valence-electron chi connectivity index (χ3n) is 6.56. The van der Waals surface area contributed by atoms with Crippen LogP contribution in [0.3, 0.4) is 0 Å². The summed E-state index contributed by atoms with van der Waals surface area (Å²) in [5.74, 6) is 7.22. The molecule has 1 fully saturated rings. The molecule has 1 aliphatic rings. The maximum Gasteiger partial charge on any atom is 0.254 e. The van der Waals surface area contributed by atoms with Crippen molar-refractivity contribution in [3.63, 3.8) is 0 Å². The first-order valence-electron chi connectivity index (χ1n) is 12.6. The van der Waals surface area contributed by atoms with E-state index in [1.807, 2.05) is 77.5 Å². The minimum absolute atomic E-state index is 0.0201. The molecule has 0 bridgehead atoms. The monoisotopic (exact) mass is 515 g/mol. The van der Waals surface area contributed by atoms with Gasteiger partial charge in [0.15, 0.2) is 5.65 Å². The van der Waals surface area contributed by atoms with Crippen molar-refractivity contribution in [2.45, 2.75) is 0 Å². The summed E-state index contributed by atoms with van der Waals surface area (Å²) in [6, 6.07) is 19.0. The fourth-order valence-electron chi connectivity index (χ4n) is 4.36. The van der Waals surface area contributed by atoms with Gasteiger partial charge in [0.25, 0.3) is 5.91 Å². The summed E-state index contributed by atoms with van der Waals surface area (Å²) in [7, 11) is 1.95. The molecular weight excluding hydrogens is 490 g/mol. The molecule has 0 unspecified atom stereocenters. The number of morpholine rings is 1. The summed E-state index contributed by atoms with van der Waals surface area (Å²) >= 11 is 0. The first kappa shape index (κ1) is 24.3. The van der Waals surface area contributed by atoms with Gasteiger partial charge in [-0.3, -0.25) is 9.78 Å². The second-order valence-electron chi connectivity index (χ2n) is 9.03. The minimum atomic E-state index is 0.0201. The van der Waals surface area contributed by atoms with Gasteiger partial charge in [0.2, 0.25) is 0 Å². The molecule has 0 N–H and O–H groups in total. The average Bonchev–Trinajstić information content (AvgIpc) is 3.42. The Morgan fingerprint density at radius 2 is 1.72 bits per heavy atom. The first-order chi connectivity index (χ1) is 19.2. The zero-order chi connectivity index (χ0) is 26.6. The van der Waals surface area contributed by atoms with Crippen molar-refractivity contribution in [1.82, 2.24) is 29.5 Å². The summed E-state index contributed by atoms with van der Waals surface area (Å²) in [5, 5.41) is 4.78. The molecule has 1 aromatic carbocycles. The van der Waals surface area contributed by atoms with Gasteiger partial charge in [-0.1, -0.05) is 18.1 Å². The number of hydrogen-bond acceptors (Lipinski definition) is 7. The Hall–Kier alpha value is -5.07. The number of imidazole rings is 1. The van der Waals surface area contributed by atoms with E-state index in [0.717, 1.165) is 28.3 Å². The number of pyridine rings is 2. The van der Waals surface area contributed by atoms with Gasteiger partial charge in [-0.15, -0.1) is 0 Å². The molecule has 9 nitrogen and oxygen atoms in total. The van der Waals surface area contributed by atoms with Gasteiger partial charge in [0, 0.05) is 61.1 Å². The molecule has 9 heteroatoms. The van der Waals surface area contributed by atoms with E-state index in [-0.39, 0.29) is 5.91 Å². The number of amides is 1. The van der Waals surface area contributed by atoms with Crippen LogP contribution in [0.5, 0.6) is 0 Å². The van der Waals surface area contributed by atoms with E-state index in [2.05, 4.69) is 26.8 Å². The molecule has 1 aliphatic heterocycles. The van der Waals surface area contributed by atoms with Crippen molar-refractivity contribution >= 4 is 23.1 Å². The third kappa shape index (κ3) is 5.19. The number of carbonyl (C=O) groups is 1. The van der Waals surface area contributed by atoms with Crippen LogP contribution >= 0.6 is 0 Å². The Balaban J connectivity index is 1.24. The molecule has 6 rings (SSSR count). The normalized spacial score (nSPS) is 13.1. The largest absolute Gasteiger partial charge is 0.378 e. The fraction of sp³-hybridized carbons (Fsp3) is 0.167. The summed E-state index contributed by atoms with van der Waals surface area (Å²) < 4.78 is 7.09. The van der Waals surface area contributed by atoms with E-state index in [4.69, 9.17) is 9.84 Å². The van der Waals surface area contributed by atoms with Gasteiger partial charge in [-0.2, -0.15) is 5.10 Å². The van der Waals surface area contributed by atoms with Crippen LogP contribution in [-0.4, -0.2) is 68.7 Å². The molecule has 5 aromatic rings. The average molecular weight is 516 g/mol. The minimum Gasteiger partial charge on any atom is -0.378 e. The van der Waals surface area contributed by atoms with Crippen LogP contribution in [0.2, 0.25) is 0 Å². The number of carbonyl (C=O) groups excluding carboxylic acids is 1. The van der Waals surface area contributed by atoms with Crippen LogP contribution in [0.4, 0.5) is 11.5 Å². The number of aromatic nitrogens is 5. The highest BCUT2D eigenvalue weighted by molar-refractivity contribution is 5.94. The van der Waals surface area contributed by atoms with Crippen LogP contribution in [0.25, 0.3) is 16.9 Å². The lowest BCUT2D eigenvalue weighted by molar-refractivity contribution is 0.0303. The van der Waals surface area contributed by atoms with Gasteiger partial charge in [-0.25, -0.2) is 14.5 Å². The molecule has 0 spiro atoms. The molecule has 1 saturated heterocycles. The van der Waals surface area contributed by atoms with Crippen LogP contribution in [-0.2, 0) is 4.74 Å². The van der Waals surface area contributed by atoms with E-state index in [0.29, 0.717) is 43.2 Å². The second-order valence-corrected chi connectivity index (χ2v) is 9.03. The van der Waals surface area contributed by atoms with E-state index in [1.165, 1.54) is 0 Å². The lowest BCUT2D eigenvalue weighted by atomic mass is 10.1. The maximum absolute atomic E-state index is 12.8. The van der Waals surface area contributed by atoms with Crippen molar-refractivity contribution in [1.29, 1.82) is 0 Å². The fourth-order valence-corrected chi connectivity index (χ4v) is 4.36. The topological polar surface area (TPSA) is 88.8 Å². The molecular formula is C30H25N7O2. The first-order valence-corrected chi connectivity index (χ1v) is 12.6. The molecule has 0 atom stereocenters. The Morgan fingerprint density at radius 3 is 2.51 bits per heavy atom. The quantitative estimate of drug-likeness (QED) is 0.336. The zero-order valence-corrected chi connectivity index (χ0v) is 21.4. The lowest BCUT2D eigenvalue weighted by Gasteiger charge is -2.26. The molecule has 5 heterocycles. The summed E-state index contributed by atoms with van der Waals surface area (Å²) in [4.78, 5) is 29.6. The summed E-state index contributed by atoms with van der Waals surface area (Å²) in [6.07, 6.45) is 6.96. The standard InChI is InChI=1S/C30H25N7O2/c1-35(25-11-13-31-14-12-25)29-20-22(10-15-32-29)2-7-26-21-33-28-9-8-27(34-37(26)28)23-3-5-24(6-4-23)30(38)36-16-18-39-19-17-36/h3-6,8-15,20-21H,16-19H2,1H3. The highest BCUT2D eigenvalue weighted by Gasteiger charge is 2.18. The number of anilines is 2. The van der Waals surface area contributed by atoms with Crippen molar-refractivity contribution in [2.75, 3.05) is 38.3 Å². The zero-order valence-electron chi connectivity index (χ0n) is 21.4.